The standard InChI is InChI=1S/C26H39N3O2/c1-30-25-12-8-23(9-13-25)22-29(24-10-14-26(31-2)15-11-24)19-7-5-3-4-6-18-28-20-16-27-17-21-28/h8-15,27H,3-7,16-22H2,1-2H3. The molecule has 3 rings (SSSR count). The van der Waals surface area contributed by atoms with Gasteiger partial charge in [-0.15, -0.1) is 0 Å². The van der Waals surface area contributed by atoms with Crippen LogP contribution < -0.4 is 19.7 Å². The highest BCUT2D eigenvalue weighted by molar-refractivity contribution is 5.49. The van der Waals surface area contributed by atoms with Gasteiger partial charge in [0.2, 0.25) is 0 Å². The number of methoxy groups -OCH3 is 2. The Hall–Kier alpha value is -2.24. The molecule has 2 aromatic rings. The highest BCUT2D eigenvalue weighted by atomic mass is 16.5. The molecule has 0 radical (unpaired) electrons. The summed E-state index contributed by atoms with van der Waals surface area (Å²) in [5.74, 6) is 1.80. The summed E-state index contributed by atoms with van der Waals surface area (Å²) >= 11 is 0. The Kier molecular flexibility index (Phi) is 10.00. The summed E-state index contributed by atoms with van der Waals surface area (Å²) in [7, 11) is 3.43. The third-order valence-electron chi connectivity index (χ3n) is 6.08. The number of nitrogens with one attached hydrogen (secondary N) is 1. The van der Waals surface area contributed by atoms with Crippen LogP contribution in [0.25, 0.3) is 0 Å². The Bertz CT molecular complexity index is 727. The van der Waals surface area contributed by atoms with E-state index in [1.165, 1.54) is 63.0 Å². The molecule has 1 heterocycles. The first kappa shape index (κ1) is 23.4. The minimum absolute atomic E-state index is 0.901. The number of piperazine rings is 1. The van der Waals surface area contributed by atoms with Crippen molar-refractivity contribution in [2.24, 2.45) is 0 Å². The van der Waals surface area contributed by atoms with E-state index in [-0.39, 0.29) is 0 Å². The smallest absolute Gasteiger partial charge is 0.119 e. The predicted molar refractivity (Wildman–Crippen MR) is 129 cm³/mol. The zero-order valence-electron chi connectivity index (χ0n) is 19.3. The molecular weight excluding hydrogens is 386 g/mol. The highest BCUT2D eigenvalue weighted by Gasteiger charge is 2.10. The Labute approximate surface area is 188 Å². The number of ether oxygens (including phenoxy) is 2. The quantitative estimate of drug-likeness (QED) is 0.476. The summed E-state index contributed by atoms with van der Waals surface area (Å²) in [5.41, 5.74) is 2.54. The molecule has 2 aromatic carbocycles. The minimum Gasteiger partial charge on any atom is -0.497 e. The van der Waals surface area contributed by atoms with E-state index in [1.807, 2.05) is 24.3 Å². The monoisotopic (exact) mass is 425 g/mol. The van der Waals surface area contributed by atoms with Crippen molar-refractivity contribution < 1.29 is 9.47 Å². The molecule has 0 spiro atoms. The molecule has 5 nitrogen and oxygen atoms in total. The van der Waals surface area contributed by atoms with Gasteiger partial charge in [-0.2, -0.15) is 0 Å². The van der Waals surface area contributed by atoms with Crippen molar-refractivity contribution in [2.45, 2.75) is 38.6 Å². The molecule has 0 unspecified atom stereocenters. The maximum Gasteiger partial charge on any atom is 0.119 e. The second-order valence-electron chi connectivity index (χ2n) is 8.33. The highest BCUT2D eigenvalue weighted by Crippen LogP contribution is 2.23. The summed E-state index contributed by atoms with van der Waals surface area (Å²) < 4.78 is 10.6. The largest absolute Gasteiger partial charge is 0.497 e. The van der Waals surface area contributed by atoms with Gasteiger partial charge in [0, 0.05) is 45.0 Å². The maximum absolute atomic E-state index is 5.33. The SMILES string of the molecule is COc1ccc(CN(CCCCCCCN2CCNCC2)c2ccc(OC)cc2)cc1. The van der Waals surface area contributed by atoms with Crippen molar-refractivity contribution in [3.8, 4) is 11.5 Å². The fraction of sp³-hybridized carbons (Fsp3) is 0.538. The van der Waals surface area contributed by atoms with Crippen LogP contribution in [-0.4, -0.2) is 58.4 Å². The van der Waals surface area contributed by atoms with Gasteiger partial charge < -0.3 is 24.6 Å². The molecule has 1 aliphatic rings. The fourth-order valence-corrected chi connectivity index (χ4v) is 4.15. The number of benzene rings is 2. The Morgan fingerprint density at radius 3 is 2.00 bits per heavy atom. The summed E-state index contributed by atoms with van der Waals surface area (Å²) in [6.45, 7) is 7.95. The van der Waals surface area contributed by atoms with Crippen LogP contribution in [0.15, 0.2) is 48.5 Å². The molecular formula is C26H39N3O2. The first-order valence-corrected chi connectivity index (χ1v) is 11.7. The van der Waals surface area contributed by atoms with Crippen molar-refractivity contribution >= 4 is 5.69 Å². The second-order valence-corrected chi connectivity index (χ2v) is 8.33. The van der Waals surface area contributed by atoms with E-state index in [9.17, 15) is 0 Å². The first-order chi connectivity index (χ1) is 15.3. The fourth-order valence-electron chi connectivity index (χ4n) is 4.15. The summed E-state index contributed by atoms with van der Waals surface area (Å²) in [4.78, 5) is 5.07. The van der Waals surface area contributed by atoms with Crippen LogP contribution in [0.2, 0.25) is 0 Å². The number of anilines is 1. The van der Waals surface area contributed by atoms with E-state index >= 15 is 0 Å². The molecule has 0 amide bonds. The molecule has 1 aliphatic heterocycles. The van der Waals surface area contributed by atoms with Crippen LogP contribution in [-0.2, 0) is 6.54 Å². The van der Waals surface area contributed by atoms with Crippen molar-refractivity contribution in [3.63, 3.8) is 0 Å². The van der Waals surface area contributed by atoms with Crippen molar-refractivity contribution in [1.29, 1.82) is 0 Å². The second kappa shape index (κ2) is 13.2. The van der Waals surface area contributed by atoms with Gasteiger partial charge >= 0.3 is 0 Å². The Morgan fingerprint density at radius 2 is 1.35 bits per heavy atom. The van der Waals surface area contributed by atoms with E-state index in [1.54, 1.807) is 14.2 Å². The normalized spacial score (nSPS) is 14.4. The molecule has 0 bridgehead atoms. The minimum atomic E-state index is 0.901. The number of hydrogen-bond donors (Lipinski definition) is 1. The molecule has 5 heteroatoms. The van der Waals surface area contributed by atoms with E-state index in [0.717, 1.165) is 37.7 Å². The summed E-state index contributed by atoms with van der Waals surface area (Å²) in [5, 5.41) is 3.43. The molecule has 0 saturated carbocycles. The van der Waals surface area contributed by atoms with E-state index in [2.05, 4.69) is 39.4 Å². The predicted octanol–water partition coefficient (Wildman–Crippen LogP) is 4.57. The lowest BCUT2D eigenvalue weighted by Crippen LogP contribution is -2.43. The molecule has 1 fully saturated rings. The molecule has 0 aliphatic carbocycles. The van der Waals surface area contributed by atoms with Gasteiger partial charge in [-0.05, 0) is 61.3 Å². The van der Waals surface area contributed by atoms with Crippen molar-refractivity contribution in [2.75, 3.05) is 58.4 Å². The molecule has 0 aromatic heterocycles. The third-order valence-corrected chi connectivity index (χ3v) is 6.08. The van der Waals surface area contributed by atoms with Crippen molar-refractivity contribution in [3.05, 3.63) is 54.1 Å². The number of nitrogens with zero attached hydrogens (tertiary/aromatic N) is 2. The Balaban J connectivity index is 1.45. The number of unbranched alkanes of at least 4 members (excludes halogenated alkanes) is 4. The van der Waals surface area contributed by atoms with Crippen LogP contribution in [0, 0.1) is 0 Å². The zero-order chi connectivity index (χ0) is 21.7. The first-order valence-electron chi connectivity index (χ1n) is 11.7. The van der Waals surface area contributed by atoms with Crippen LogP contribution >= 0.6 is 0 Å². The lowest BCUT2D eigenvalue weighted by Gasteiger charge is -2.27. The van der Waals surface area contributed by atoms with Gasteiger partial charge in [-0.3, -0.25) is 0 Å². The number of rotatable bonds is 13. The van der Waals surface area contributed by atoms with Gasteiger partial charge in [-0.1, -0.05) is 31.4 Å². The molecule has 31 heavy (non-hydrogen) atoms. The van der Waals surface area contributed by atoms with Gasteiger partial charge in [-0.25, -0.2) is 0 Å². The van der Waals surface area contributed by atoms with Crippen LogP contribution in [0.5, 0.6) is 11.5 Å². The lowest BCUT2D eigenvalue weighted by atomic mass is 10.1. The van der Waals surface area contributed by atoms with E-state index in [0.29, 0.717) is 0 Å². The Morgan fingerprint density at radius 1 is 0.774 bits per heavy atom. The van der Waals surface area contributed by atoms with Gasteiger partial charge in [0.05, 0.1) is 14.2 Å². The topological polar surface area (TPSA) is 37.0 Å². The summed E-state index contributed by atoms with van der Waals surface area (Å²) in [6, 6.07) is 16.8. The van der Waals surface area contributed by atoms with Crippen LogP contribution in [0.1, 0.15) is 37.7 Å². The van der Waals surface area contributed by atoms with Crippen LogP contribution in [0.3, 0.4) is 0 Å². The molecule has 1 saturated heterocycles. The van der Waals surface area contributed by atoms with Gasteiger partial charge in [0.15, 0.2) is 0 Å². The van der Waals surface area contributed by atoms with E-state index < -0.39 is 0 Å². The lowest BCUT2D eigenvalue weighted by molar-refractivity contribution is 0.236. The summed E-state index contributed by atoms with van der Waals surface area (Å²) in [6.07, 6.45) is 6.50. The average Bonchev–Trinajstić information content (AvgIpc) is 2.84. The molecule has 1 N–H and O–H groups in total. The molecule has 0 atom stereocenters. The average molecular weight is 426 g/mol. The maximum atomic E-state index is 5.33. The van der Waals surface area contributed by atoms with E-state index in [4.69, 9.17) is 9.47 Å². The molecule has 170 valence electrons. The number of hydrogen-bond acceptors (Lipinski definition) is 5. The van der Waals surface area contributed by atoms with Crippen molar-refractivity contribution in [1.82, 2.24) is 10.2 Å². The van der Waals surface area contributed by atoms with Gasteiger partial charge in [0.1, 0.15) is 11.5 Å². The zero-order valence-corrected chi connectivity index (χ0v) is 19.3. The van der Waals surface area contributed by atoms with Crippen LogP contribution in [0.4, 0.5) is 5.69 Å². The third kappa shape index (κ3) is 8.08. The van der Waals surface area contributed by atoms with Gasteiger partial charge in [0.25, 0.3) is 0 Å².